The molecule has 0 aromatic rings. The van der Waals surface area contributed by atoms with E-state index in [1.54, 1.807) is 0 Å². The van der Waals surface area contributed by atoms with Gasteiger partial charge in [0.1, 0.15) is 0 Å². The van der Waals surface area contributed by atoms with E-state index in [0.717, 1.165) is 23.5 Å². The van der Waals surface area contributed by atoms with Gasteiger partial charge < -0.3 is 0 Å². The predicted molar refractivity (Wildman–Crippen MR) is 65.9 cm³/mol. The summed E-state index contributed by atoms with van der Waals surface area (Å²) in [5, 5.41) is 0. The Morgan fingerprint density at radius 1 is 0.714 bits per heavy atom. The van der Waals surface area contributed by atoms with E-state index in [4.69, 9.17) is 0 Å². The molecule has 2 rings (SSSR count). The average molecular weight is 212 g/mol. The Morgan fingerprint density at radius 3 is 1.86 bits per heavy atom. The molecular weight excluding hydrogens is 188 g/mol. The molecule has 0 radical (unpaired) electrons. The Hall–Kier alpha value is 0.350. The second-order valence-corrected chi connectivity index (χ2v) is 5.73. The molecule has 0 saturated heterocycles. The Labute approximate surface area is 94.3 Å². The molecule has 0 unspecified atom stereocenters. The molecule has 0 atom stereocenters. The van der Waals surface area contributed by atoms with Crippen LogP contribution in [0.25, 0.3) is 0 Å². The van der Waals surface area contributed by atoms with Crippen LogP contribution in [0.4, 0.5) is 0 Å². The van der Waals surface area contributed by atoms with E-state index in [2.05, 4.69) is 12.6 Å². The summed E-state index contributed by atoms with van der Waals surface area (Å²) in [5.41, 5.74) is 0. The van der Waals surface area contributed by atoms with Crippen molar-refractivity contribution in [1.82, 2.24) is 0 Å². The van der Waals surface area contributed by atoms with Gasteiger partial charge in [0.15, 0.2) is 0 Å². The maximum Gasteiger partial charge on any atom is -0.00695 e. The number of hydrogen-bond acceptors (Lipinski definition) is 1. The average Bonchev–Trinajstić information content (AvgIpc) is 2.30. The van der Waals surface area contributed by atoms with Gasteiger partial charge in [0, 0.05) is 0 Å². The summed E-state index contributed by atoms with van der Waals surface area (Å²) in [5.74, 6) is 4.26. The summed E-state index contributed by atoms with van der Waals surface area (Å²) < 4.78 is 0. The van der Waals surface area contributed by atoms with Gasteiger partial charge in [-0.2, -0.15) is 12.6 Å². The molecule has 0 bridgehead atoms. The fourth-order valence-corrected chi connectivity index (χ4v) is 3.81. The van der Waals surface area contributed by atoms with Gasteiger partial charge in [-0.25, -0.2) is 0 Å². The van der Waals surface area contributed by atoms with Crippen molar-refractivity contribution in [3.05, 3.63) is 0 Å². The first kappa shape index (κ1) is 10.9. The minimum atomic E-state index is 0.943. The van der Waals surface area contributed by atoms with E-state index < -0.39 is 0 Å². The van der Waals surface area contributed by atoms with Gasteiger partial charge in [-0.15, -0.1) is 0 Å². The quantitative estimate of drug-likeness (QED) is 0.648. The second kappa shape index (κ2) is 5.44. The molecule has 0 heterocycles. The van der Waals surface area contributed by atoms with Crippen LogP contribution in [-0.2, 0) is 0 Å². The van der Waals surface area contributed by atoms with Crippen LogP contribution in [0.15, 0.2) is 0 Å². The summed E-state index contributed by atoms with van der Waals surface area (Å²) in [6.45, 7) is 0. The molecule has 0 amide bonds. The third-order valence-corrected chi connectivity index (χ3v) is 4.98. The third kappa shape index (κ3) is 2.68. The highest BCUT2D eigenvalue weighted by atomic mass is 32.1. The molecular formula is C13H24S. The normalized spacial score (nSPS) is 35.8. The predicted octanol–water partition coefficient (Wildman–Crippen LogP) is 4.30. The second-order valence-electron chi connectivity index (χ2n) is 5.36. The van der Waals surface area contributed by atoms with Crippen molar-refractivity contribution in [2.24, 2.45) is 17.8 Å². The minimum Gasteiger partial charge on any atom is -0.179 e. The Morgan fingerprint density at radius 2 is 1.29 bits per heavy atom. The summed E-state index contributed by atoms with van der Waals surface area (Å²) in [7, 11) is 0. The molecule has 1 heteroatoms. The molecule has 0 aromatic carbocycles. The van der Waals surface area contributed by atoms with Crippen molar-refractivity contribution in [2.45, 2.75) is 57.8 Å². The zero-order valence-electron chi connectivity index (χ0n) is 9.25. The van der Waals surface area contributed by atoms with Crippen molar-refractivity contribution >= 4 is 12.6 Å². The van der Waals surface area contributed by atoms with Gasteiger partial charge in [-0.05, 0) is 49.2 Å². The number of hydrogen-bond donors (Lipinski definition) is 1. The smallest absolute Gasteiger partial charge is 0.00695 e. The van der Waals surface area contributed by atoms with Crippen LogP contribution in [0.5, 0.6) is 0 Å². The lowest BCUT2D eigenvalue weighted by molar-refractivity contribution is 0.174. The van der Waals surface area contributed by atoms with E-state index in [1.165, 1.54) is 57.8 Å². The largest absolute Gasteiger partial charge is 0.179 e. The van der Waals surface area contributed by atoms with E-state index >= 15 is 0 Å². The summed E-state index contributed by atoms with van der Waals surface area (Å²) in [6.07, 6.45) is 13.5. The third-order valence-electron chi connectivity index (χ3n) is 4.47. The van der Waals surface area contributed by atoms with Crippen molar-refractivity contribution in [3.8, 4) is 0 Å². The molecule has 0 spiro atoms. The highest BCUT2D eigenvalue weighted by Crippen LogP contribution is 2.39. The van der Waals surface area contributed by atoms with Crippen LogP contribution in [0.1, 0.15) is 57.8 Å². The van der Waals surface area contributed by atoms with Gasteiger partial charge in [0.25, 0.3) is 0 Å². The van der Waals surface area contributed by atoms with Crippen molar-refractivity contribution in [3.63, 3.8) is 0 Å². The summed E-state index contributed by atoms with van der Waals surface area (Å²) >= 11 is 4.42. The fraction of sp³-hybridized carbons (Fsp3) is 1.00. The highest BCUT2D eigenvalue weighted by molar-refractivity contribution is 7.80. The first-order chi connectivity index (χ1) is 6.90. The van der Waals surface area contributed by atoms with Gasteiger partial charge in [0.05, 0.1) is 0 Å². The van der Waals surface area contributed by atoms with Gasteiger partial charge in [-0.1, -0.05) is 32.1 Å². The lowest BCUT2D eigenvalue weighted by atomic mass is 9.71. The Bertz CT molecular complexity index is 153. The van der Waals surface area contributed by atoms with Crippen molar-refractivity contribution < 1.29 is 0 Å². The van der Waals surface area contributed by atoms with Gasteiger partial charge in [0.2, 0.25) is 0 Å². The zero-order valence-corrected chi connectivity index (χ0v) is 10.1. The molecule has 2 aliphatic rings. The summed E-state index contributed by atoms with van der Waals surface area (Å²) in [6, 6.07) is 0. The van der Waals surface area contributed by atoms with Crippen LogP contribution in [0.2, 0.25) is 0 Å². The van der Waals surface area contributed by atoms with E-state index in [-0.39, 0.29) is 0 Å². The van der Waals surface area contributed by atoms with E-state index in [9.17, 15) is 0 Å². The molecule has 0 N–H and O–H groups in total. The lowest BCUT2D eigenvalue weighted by Gasteiger charge is -2.35. The first-order valence-electron chi connectivity index (χ1n) is 6.51. The highest BCUT2D eigenvalue weighted by Gasteiger charge is 2.27. The molecule has 2 aliphatic carbocycles. The van der Waals surface area contributed by atoms with Crippen LogP contribution < -0.4 is 0 Å². The van der Waals surface area contributed by atoms with E-state index in [0.29, 0.717) is 0 Å². The van der Waals surface area contributed by atoms with Crippen LogP contribution in [-0.4, -0.2) is 5.75 Å². The maximum absolute atomic E-state index is 4.42. The number of rotatable bonds is 2. The minimum absolute atomic E-state index is 0.943. The number of thiol groups is 1. The van der Waals surface area contributed by atoms with Crippen molar-refractivity contribution in [1.29, 1.82) is 0 Å². The first-order valence-corrected chi connectivity index (χ1v) is 7.14. The molecule has 2 fully saturated rings. The molecule has 0 aliphatic heterocycles. The molecule has 0 aromatic heterocycles. The van der Waals surface area contributed by atoms with Gasteiger partial charge in [-0.3, -0.25) is 0 Å². The van der Waals surface area contributed by atoms with E-state index in [1.807, 2.05) is 0 Å². The van der Waals surface area contributed by atoms with Crippen LogP contribution in [0, 0.1) is 17.8 Å². The molecule has 14 heavy (non-hydrogen) atoms. The Balaban J connectivity index is 1.76. The molecule has 82 valence electrons. The van der Waals surface area contributed by atoms with Gasteiger partial charge >= 0.3 is 0 Å². The monoisotopic (exact) mass is 212 g/mol. The lowest BCUT2D eigenvalue weighted by Crippen LogP contribution is -2.24. The molecule has 2 saturated carbocycles. The standard InChI is InChI=1S/C13H24S/c14-10-11-6-8-13(9-7-11)12-4-2-1-3-5-12/h11-14H,1-10H2. The topological polar surface area (TPSA) is 0 Å². The molecule has 0 nitrogen and oxygen atoms in total. The van der Waals surface area contributed by atoms with Crippen molar-refractivity contribution in [2.75, 3.05) is 5.75 Å². The maximum atomic E-state index is 4.42. The fourth-order valence-electron chi connectivity index (χ4n) is 3.45. The SMILES string of the molecule is SCC1CCC(C2CCCCC2)CC1. The van der Waals surface area contributed by atoms with Crippen LogP contribution in [0.3, 0.4) is 0 Å². The van der Waals surface area contributed by atoms with Crippen LogP contribution >= 0.6 is 12.6 Å². The zero-order chi connectivity index (χ0) is 9.80. The Kier molecular flexibility index (Phi) is 4.22. The summed E-state index contributed by atoms with van der Waals surface area (Å²) in [4.78, 5) is 0.